The molecule has 10 heteroatoms. The maximum atomic E-state index is 14.5. The number of carbonyl (C=O) groups excluding carboxylic acids is 1. The monoisotopic (exact) mass is 513 g/mol. The highest BCUT2D eigenvalue weighted by atomic mass is 35.5. The number of fused-ring (bicyclic) bond motifs is 1. The molecule has 8 nitrogen and oxygen atoms in total. The van der Waals surface area contributed by atoms with Gasteiger partial charge < -0.3 is 24.6 Å². The molecule has 1 N–H and O–H groups in total. The normalized spacial score (nSPS) is 14.6. The van der Waals surface area contributed by atoms with Crippen molar-refractivity contribution in [3.05, 3.63) is 59.7 Å². The van der Waals surface area contributed by atoms with Crippen LogP contribution in [0.3, 0.4) is 0 Å². The minimum absolute atomic E-state index is 0.0136. The number of rotatable bonds is 8. The van der Waals surface area contributed by atoms with E-state index in [1.807, 2.05) is 30.0 Å². The molecule has 4 rings (SSSR count). The van der Waals surface area contributed by atoms with E-state index in [1.54, 1.807) is 37.5 Å². The van der Waals surface area contributed by atoms with Crippen molar-refractivity contribution in [1.82, 2.24) is 19.8 Å². The number of likely N-dealkylation sites (N-methyl/N-ethyl adjacent to an activating group) is 1. The van der Waals surface area contributed by atoms with Crippen molar-refractivity contribution < 1.29 is 18.7 Å². The second-order valence-corrected chi connectivity index (χ2v) is 9.18. The van der Waals surface area contributed by atoms with Crippen LogP contribution >= 0.6 is 11.6 Å². The summed E-state index contributed by atoms with van der Waals surface area (Å²) < 4.78 is 26.3. The summed E-state index contributed by atoms with van der Waals surface area (Å²) in [7, 11) is 5.48. The highest BCUT2D eigenvalue weighted by Gasteiger charge is 2.24. The van der Waals surface area contributed by atoms with Crippen LogP contribution in [0.25, 0.3) is 10.9 Å². The Labute approximate surface area is 214 Å². The first-order valence-corrected chi connectivity index (χ1v) is 12.0. The van der Waals surface area contributed by atoms with Gasteiger partial charge in [0.1, 0.15) is 18.2 Å². The van der Waals surface area contributed by atoms with E-state index in [1.165, 1.54) is 12.4 Å². The summed E-state index contributed by atoms with van der Waals surface area (Å²) in [5, 5.41) is 3.67. The molecule has 0 saturated carbocycles. The molecule has 1 aliphatic heterocycles. The van der Waals surface area contributed by atoms with E-state index in [-0.39, 0.29) is 22.7 Å². The number of anilines is 2. The number of carbonyl (C=O) groups is 1. The van der Waals surface area contributed by atoms with E-state index in [2.05, 4.69) is 15.3 Å². The second kappa shape index (κ2) is 11.5. The van der Waals surface area contributed by atoms with Gasteiger partial charge in [-0.3, -0.25) is 4.79 Å². The van der Waals surface area contributed by atoms with Crippen LogP contribution < -0.4 is 14.8 Å². The Balaban J connectivity index is 1.50. The summed E-state index contributed by atoms with van der Waals surface area (Å²) in [6.45, 7) is 1.93. The number of amides is 1. The standard InChI is InChI=1S/C26H29ClFN5O3/c1-32(2)11-5-8-24(34)33-12-9-17(10-13-33)36-23-14-18-21(15-22(23)35-3)29-16-30-26(18)31-20-7-4-6-19(27)25(20)28/h4-8,14-17H,9-13H2,1-3H3,(H,29,30,31)/b8-5+. The molecule has 0 spiro atoms. The van der Waals surface area contributed by atoms with Gasteiger partial charge in [-0.25, -0.2) is 14.4 Å². The minimum atomic E-state index is -0.561. The third-order valence-corrected chi connectivity index (χ3v) is 6.20. The molecule has 1 saturated heterocycles. The van der Waals surface area contributed by atoms with Crippen LogP contribution in [0.15, 0.2) is 48.8 Å². The lowest BCUT2D eigenvalue weighted by Gasteiger charge is -2.32. The van der Waals surface area contributed by atoms with Gasteiger partial charge >= 0.3 is 0 Å². The highest BCUT2D eigenvalue weighted by molar-refractivity contribution is 6.31. The lowest BCUT2D eigenvalue weighted by molar-refractivity contribution is -0.127. The zero-order chi connectivity index (χ0) is 25.7. The molecular formula is C26H29ClFN5O3. The molecule has 2 heterocycles. The lowest BCUT2D eigenvalue weighted by Crippen LogP contribution is -2.41. The van der Waals surface area contributed by atoms with Crippen molar-refractivity contribution in [2.75, 3.05) is 46.2 Å². The molecule has 0 bridgehead atoms. The van der Waals surface area contributed by atoms with Crippen molar-refractivity contribution in [2.24, 2.45) is 0 Å². The molecule has 36 heavy (non-hydrogen) atoms. The summed E-state index contributed by atoms with van der Waals surface area (Å²) in [6.07, 6.45) is 6.19. The van der Waals surface area contributed by atoms with Crippen LogP contribution in [0, 0.1) is 5.82 Å². The Bertz CT molecular complexity index is 1260. The smallest absolute Gasteiger partial charge is 0.246 e. The molecule has 1 fully saturated rings. The van der Waals surface area contributed by atoms with Crippen molar-refractivity contribution in [2.45, 2.75) is 18.9 Å². The van der Waals surface area contributed by atoms with Gasteiger partial charge in [-0.05, 0) is 32.3 Å². The number of piperidine rings is 1. The van der Waals surface area contributed by atoms with Crippen molar-refractivity contribution >= 4 is 39.9 Å². The fraction of sp³-hybridized carbons (Fsp3) is 0.346. The number of methoxy groups -OCH3 is 1. The van der Waals surface area contributed by atoms with Crippen LogP contribution in [-0.2, 0) is 4.79 Å². The van der Waals surface area contributed by atoms with Gasteiger partial charge in [0.05, 0.1) is 23.3 Å². The van der Waals surface area contributed by atoms with Crippen molar-refractivity contribution in [1.29, 1.82) is 0 Å². The number of hydrogen-bond acceptors (Lipinski definition) is 7. The molecule has 0 atom stereocenters. The Morgan fingerprint density at radius 2 is 2.03 bits per heavy atom. The largest absolute Gasteiger partial charge is 0.493 e. The van der Waals surface area contributed by atoms with Gasteiger partial charge in [-0.15, -0.1) is 0 Å². The number of nitrogens with zero attached hydrogens (tertiary/aromatic N) is 4. The van der Waals surface area contributed by atoms with Gasteiger partial charge in [0, 0.05) is 50.0 Å². The van der Waals surface area contributed by atoms with E-state index in [0.717, 1.165) is 6.54 Å². The number of halogens is 2. The van der Waals surface area contributed by atoms with Gasteiger partial charge in [-0.2, -0.15) is 0 Å². The number of aromatic nitrogens is 2. The molecule has 0 aliphatic carbocycles. The fourth-order valence-electron chi connectivity index (χ4n) is 3.99. The topological polar surface area (TPSA) is 79.8 Å². The Morgan fingerprint density at radius 3 is 2.75 bits per heavy atom. The van der Waals surface area contributed by atoms with Gasteiger partial charge in [-0.1, -0.05) is 23.7 Å². The molecule has 1 amide bonds. The van der Waals surface area contributed by atoms with Gasteiger partial charge in [0.15, 0.2) is 17.3 Å². The summed E-state index contributed by atoms with van der Waals surface area (Å²) in [5.41, 5.74) is 0.821. The number of nitrogens with one attached hydrogen (secondary N) is 1. The third kappa shape index (κ3) is 6.03. The Morgan fingerprint density at radius 1 is 1.25 bits per heavy atom. The molecule has 1 aromatic heterocycles. The second-order valence-electron chi connectivity index (χ2n) is 8.78. The first kappa shape index (κ1) is 25.7. The summed E-state index contributed by atoms with van der Waals surface area (Å²) in [4.78, 5) is 24.9. The summed E-state index contributed by atoms with van der Waals surface area (Å²) in [6, 6.07) is 8.28. The van der Waals surface area contributed by atoms with Crippen molar-refractivity contribution in [3.8, 4) is 11.5 Å². The third-order valence-electron chi connectivity index (χ3n) is 5.90. The molecule has 2 aromatic carbocycles. The zero-order valence-electron chi connectivity index (χ0n) is 20.5. The predicted octanol–water partition coefficient (Wildman–Crippen LogP) is 4.66. The lowest BCUT2D eigenvalue weighted by atomic mass is 10.1. The van der Waals surface area contributed by atoms with Crippen molar-refractivity contribution in [3.63, 3.8) is 0 Å². The van der Waals surface area contributed by atoms with Crippen LogP contribution in [0.2, 0.25) is 5.02 Å². The quantitative estimate of drug-likeness (QED) is 0.439. The van der Waals surface area contributed by atoms with Crippen LogP contribution in [0.1, 0.15) is 12.8 Å². The number of hydrogen-bond donors (Lipinski definition) is 1. The van der Waals surface area contributed by atoms with Gasteiger partial charge in [0.25, 0.3) is 0 Å². The first-order chi connectivity index (χ1) is 17.4. The highest BCUT2D eigenvalue weighted by Crippen LogP contribution is 2.36. The van der Waals surface area contributed by atoms with Crippen LogP contribution in [0.5, 0.6) is 11.5 Å². The number of ether oxygens (including phenoxy) is 2. The molecule has 0 radical (unpaired) electrons. The van der Waals surface area contributed by atoms with E-state index >= 15 is 0 Å². The fourth-order valence-corrected chi connectivity index (χ4v) is 4.16. The maximum absolute atomic E-state index is 14.5. The SMILES string of the molecule is COc1cc2ncnc(Nc3cccc(Cl)c3F)c2cc1OC1CCN(C(=O)/C=C/CN(C)C)CC1. The Kier molecular flexibility index (Phi) is 8.22. The molecule has 1 aliphatic rings. The summed E-state index contributed by atoms with van der Waals surface area (Å²) >= 11 is 5.92. The Hall–Kier alpha value is -3.43. The van der Waals surface area contributed by atoms with E-state index in [4.69, 9.17) is 21.1 Å². The van der Waals surface area contributed by atoms with E-state index in [9.17, 15) is 9.18 Å². The molecular weight excluding hydrogens is 485 g/mol. The average Bonchev–Trinajstić information content (AvgIpc) is 2.87. The first-order valence-electron chi connectivity index (χ1n) is 11.7. The van der Waals surface area contributed by atoms with E-state index in [0.29, 0.717) is 54.2 Å². The number of likely N-dealkylation sites (tertiary alicyclic amines) is 1. The van der Waals surface area contributed by atoms with Crippen LogP contribution in [0.4, 0.5) is 15.9 Å². The average molecular weight is 514 g/mol. The van der Waals surface area contributed by atoms with Gasteiger partial charge in [0.2, 0.25) is 5.91 Å². The molecule has 190 valence electrons. The predicted molar refractivity (Wildman–Crippen MR) is 139 cm³/mol. The van der Waals surface area contributed by atoms with E-state index < -0.39 is 5.82 Å². The summed E-state index contributed by atoms with van der Waals surface area (Å²) in [5.74, 6) is 0.934. The maximum Gasteiger partial charge on any atom is 0.246 e. The molecule has 0 unspecified atom stereocenters. The molecule has 3 aromatic rings. The van der Waals surface area contributed by atoms with Crippen LogP contribution in [-0.4, -0.2) is 72.6 Å². The number of benzene rings is 2. The minimum Gasteiger partial charge on any atom is -0.493 e. The zero-order valence-corrected chi connectivity index (χ0v) is 21.3.